The zero-order chi connectivity index (χ0) is 20.6. The van der Waals surface area contributed by atoms with Crippen LogP contribution in [0.15, 0.2) is 71.8 Å². The van der Waals surface area contributed by atoms with Crippen LogP contribution in [-0.2, 0) is 14.8 Å². The van der Waals surface area contributed by atoms with Crippen LogP contribution in [0.4, 0.5) is 0 Å². The Morgan fingerprint density at radius 3 is 2.28 bits per heavy atom. The molecule has 0 radical (unpaired) electrons. The van der Waals surface area contributed by atoms with Crippen molar-refractivity contribution in [2.45, 2.75) is 18.7 Å². The molecular weight excluding hydrogens is 388 g/mol. The monoisotopic (exact) mass is 406 g/mol. The highest BCUT2D eigenvalue weighted by molar-refractivity contribution is 7.90. The van der Waals surface area contributed by atoms with Crippen molar-refractivity contribution in [2.24, 2.45) is 0 Å². The number of amides is 1. The third-order valence-electron chi connectivity index (χ3n) is 4.40. The first-order valence-electron chi connectivity index (χ1n) is 8.90. The van der Waals surface area contributed by atoms with E-state index in [4.69, 9.17) is 4.98 Å². The Morgan fingerprint density at radius 1 is 0.931 bits per heavy atom. The number of benzene rings is 2. The number of rotatable bonds is 4. The maximum Gasteiger partial charge on any atom is 0.264 e. The molecule has 0 saturated carbocycles. The van der Waals surface area contributed by atoms with Crippen LogP contribution in [-0.4, -0.2) is 28.7 Å². The number of aromatic nitrogens is 3. The molecule has 0 atom stereocenters. The lowest BCUT2D eigenvalue weighted by atomic mass is 10.1. The largest absolute Gasteiger partial charge is 0.283 e. The van der Waals surface area contributed by atoms with Gasteiger partial charge in [-0.1, -0.05) is 42.5 Å². The molecular formula is C21H18N4O3S. The van der Waals surface area contributed by atoms with Gasteiger partial charge in [-0.3, -0.25) is 9.20 Å². The van der Waals surface area contributed by atoms with Gasteiger partial charge in [-0.15, -0.1) is 0 Å². The second-order valence-corrected chi connectivity index (χ2v) is 8.28. The number of nitrogens with one attached hydrogen (secondary N) is 1. The van der Waals surface area contributed by atoms with Crippen LogP contribution in [0.1, 0.15) is 12.6 Å². The first-order valence-corrected chi connectivity index (χ1v) is 10.4. The third kappa shape index (κ3) is 3.62. The summed E-state index contributed by atoms with van der Waals surface area (Å²) in [5.74, 6) is -0.0718. The maximum absolute atomic E-state index is 12.2. The van der Waals surface area contributed by atoms with Gasteiger partial charge in [-0.05, 0) is 25.1 Å². The average Bonchev–Trinajstić information content (AvgIpc) is 3.06. The van der Waals surface area contributed by atoms with Crippen molar-refractivity contribution >= 4 is 21.7 Å². The molecule has 4 rings (SSSR count). The summed E-state index contributed by atoms with van der Waals surface area (Å²) in [6, 6.07) is 18.0. The zero-order valence-electron chi connectivity index (χ0n) is 15.8. The van der Waals surface area contributed by atoms with Crippen molar-refractivity contribution in [1.29, 1.82) is 0 Å². The molecule has 0 spiro atoms. The Morgan fingerprint density at radius 2 is 1.62 bits per heavy atom. The zero-order valence-corrected chi connectivity index (χ0v) is 16.6. The van der Waals surface area contributed by atoms with Crippen molar-refractivity contribution < 1.29 is 13.2 Å². The topological polar surface area (TPSA) is 93.4 Å². The predicted molar refractivity (Wildman–Crippen MR) is 110 cm³/mol. The van der Waals surface area contributed by atoms with Gasteiger partial charge in [-0.2, -0.15) is 0 Å². The molecule has 8 heteroatoms. The molecule has 0 aliphatic carbocycles. The Balaban J connectivity index is 1.88. The maximum atomic E-state index is 12.2. The molecule has 4 aromatic rings. The predicted octanol–water partition coefficient (Wildman–Crippen LogP) is 3.20. The summed E-state index contributed by atoms with van der Waals surface area (Å²) in [7, 11) is -3.89. The molecule has 29 heavy (non-hydrogen) atoms. The first kappa shape index (κ1) is 18.8. The van der Waals surface area contributed by atoms with Crippen molar-refractivity contribution in [3.05, 3.63) is 72.6 Å². The lowest BCUT2D eigenvalue weighted by Crippen LogP contribution is -2.28. The Bertz CT molecular complexity index is 1310. The summed E-state index contributed by atoms with van der Waals surface area (Å²) in [6.45, 7) is 3.06. The highest BCUT2D eigenvalue weighted by Gasteiger charge is 2.19. The van der Waals surface area contributed by atoms with E-state index in [0.29, 0.717) is 5.78 Å². The van der Waals surface area contributed by atoms with E-state index in [1.807, 2.05) is 58.6 Å². The Kier molecular flexibility index (Phi) is 4.63. The summed E-state index contributed by atoms with van der Waals surface area (Å²) in [4.78, 5) is 20.4. The summed E-state index contributed by atoms with van der Waals surface area (Å²) >= 11 is 0. The number of nitrogens with zero attached hydrogens (tertiary/aromatic N) is 3. The Hall–Kier alpha value is -3.52. The smallest absolute Gasteiger partial charge is 0.264 e. The summed E-state index contributed by atoms with van der Waals surface area (Å²) in [5.41, 5.74) is 4.12. The Labute approximate surface area is 168 Å². The van der Waals surface area contributed by atoms with E-state index in [-0.39, 0.29) is 4.90 Å². The van der Waals surface area contributed by atoms with Crippen LogP contribution in [0.3, 0.4) is 0 Å². The van der Waals surface area contributed by atoms with Gasteiger partial charge in [0.2, 0.25) is 11.7 Å². The number of fused-ring (bicyclic) bond motifs is 1. The van der Waals surface area contributed by atoms with E-state index >= 15 is 0 Å². The molecule has 146 valence electrons. The fourth-order valence-electron chi connectivity index (χ4n) is 3.13. The SMILES string of the molecule is CC(=O)NS(=O)(=O)c1ccc(-c2c(-c3ccccc3)nc3nc(C)ccn23)cc1. The number of sulfonamides is 1. The fraction of sp³-hybridized carbons (Fsp3) is 0.0952. The van der Waals surface area contributed by atoms with E-state index in [9.17, 15) is 13.2 Å². The van der Waals surface area contributed by atoms with Crippen LogP contribution in [0.25, 0.3) is 28.3 Å². The number of imidazole rings is 1. The van der Waals surface area contributed by atoms with E-state index < -0.39 is 15.9 Å². The summed E-state index contributed by atoms with van der Waals surface area (Å²) < 4.78 is 28.3. The first-order chi connectivity index (χ1) is 13.8. The molecule has 1 N–H and O–H groups in total. The lowest BCUT2D eigenvalue weighted by Gasteiger charge is -2.08. The standard InChI is InChI=1S/C21H18N4O3S/c1-14-12-13-25-20(19(23-21(25)22-14)16-6-4-3-5-7-16)17-8-10-18(11-9-17)29(27,28)24-15(2)26/h3-13H,1-2H3,(H,24,26). The van der Waals surface area contributed by atoms with E-state index in [0.717, 1.165) is 35.1 Å². The van der Waals surface area contributed by atoms with Crippen LogP contribution in [0, 0.1) is 6.92 Å². The minimum absolute atomic E-state index is 0.0144. The summed E-state index contributed by atoms with van der Waals surface area (Å²) in [6.07, 6.45) is 1.90. The second kappa shape index (κ2) is 7.14. The quantitative estimate of drug-likeness (QED) is 0.562. The molecule has 0 fully saturated rings. The van der Waals surface area contributed by atoms with Gasteiger partial charge in [-0.25, -0.2) is 23.1 Å². The molecule has 0 saturated heterocycles. The van der Waals surface area contributed by atoms with E-state index in [1.54, 1.807) is 12.1 Å². The highest BCUT2D eigenvalue weighted by atomic mass is 32.2. The lowest BCUT2D eigenvalue weighted by molar-refractivity contribution is -0.117. The van der Waals surface area contributed by atoms with Crippen LogP contribution >= 0.6 is 0 Å². The summed E-state index contributed by atoms with van der Waals surface area (Å²) in [5, 5.41) is 0. The van der Waals surface area contributed by atoms with Gasteiger partial charge in [0.15, 0.2) is 0 Å². The van der Waals surface area contributed by atoms with Gasteiger partial charge in [0.1, 0.15) is 0 Å². The number of carbonyl (C=O) groups excluding carboxylic acids is 1. The number of hydrogen-bond donors (Lipinski definition) is 1. The average molecular weight is 406 g/mol. The number of hydrogen-bond acceptors (Lipinski definition) is 5. The van der Waals surface area contributed by atoms with E-state index in [1.165, 1.54) is 12.1 Å². The van der Waals surface area contributed by atoms with E-state index in [2.05, 4.69) is 4.98 Å². The molecule has 0 aliphatic heterocycles. The van der Waals surface area contributed by atoms with Crippen molar-refractivity contribution in [3.8, 4) is 22.5 Å². The van der Waals surface area contributed by atoms with Gasteiger partial charge in [0.25, 0.3) is 10.0 Å². The van der Waals surface area contributed by atoms with Crippen LogP contribution in [0.2, 0.25) is 0 Å². The minimum Gasteiger partial charge on any atom is -0.283 e. The minimum atomic E-state index is -3.89. The van der Waals surface area contributed by atoms with Crippen LogP contribution < -0.4 is 4.72 Å². The van der Waals surface area contributed by atoms with Gasteiger partial charge in [0.05, 0.1) is 16.3 Å². The van der Waals surface area contributed by atoms with Crippen molar-refractivity contribution in [2.75, 3.05) is 0 Å². The molecule has 0 unspecified atom stereocenters. The second-order valence-electron chi connectivity index (χ2n) is 6.60. The third-order valence-corrected chi connectivity index (χ3v) is 5.85. The number of aryl methyl sites for hydroxylation is 1. The molecule has 2 aromatic heterocycles. The van der Waals surface area contributed by atoms with Gasteiger partial charge < -0.3 is 0 Å². The van der Waals surface area contributed by atoms with Gasteiger partial charge in [0, 0.05) is 29.9 Å². The van der Waals surface area contributed by atoms with Crippen LogP contribution in [0.5, 0.6) is 0 Å². The molecule has 7 nitrogen and oxygen atoms in total. The number of carbonyl (C=O) groups is 1. The normalized spacial score (nSPS) is 11.5. The molecule has 2 heterocycles. The highest BCUT2D eigenvalue weighted by Crippen LogP contribution is 2.32. The van der Waals surface area contributed by atoms with Crippen molar-refractivity contribution in [1.82, 2.24) is 19.1 Å². The molecule has 0 aliphatic rings. The molecule has 1 amide bonds. The fourth-order valence-corrected chi connectivity index (χ4v) is 4.12. The van der Waals surface area contributed by atoms with Crippen molar-refractivity contribution in [3.63, 3.8) is 0 Å². The van der Waals surface area contributed by atoms with Gasteiger partial charge >= 0.3 is 0 Å². The molecule has 2 aromatic carbocycles. The molecule has 0 bridgehead atoms.